The van der Waals surface area contributed by atoms with Gasteiger partial charge in [0, 0.05) is 31.9 Å². The number of benzene rings is 2. The minimum absolute atomic E-state index is 0.0386. The second-order valence-corrected chi connectivity index (χ2v) is 6.10. The van der Waals surface area contributed by atoms with Crippen LogP contribution in [-0.4, -0.2) is 43.6 Å². The Balaban J connectivity index is 1.52. The van der Waals surface area contributed by atoms with Crippen LogP contribution in [0.2, 0.25) is 0 Å². The predicted molar refractivity (Wildman–Crippen MR) is 96.6 cm³/mol. The highest BCUT2D eigenvalue weighted by Crippen LogP contribution is 2.19. The van der Waals surface area contributed by atoms with Crippen molar-refractivity contribution in [1.82, 2.24) is 4.90 Å². The molecule has 1 fully saturated rings. The van der Waals surface area contributed by atoms with Gasteiger partial charge in [0.05, 0.1) is 5.56 Å². The number of para-hydroxylation sites is 1. The molecule has 0 saturated carbocycles. The zero-order valence-corrected chi connectivity index (χ0v) is 14.3. The molecule has 0 radical (unpaired) electrons. The van der Waals surface area contributed by atoms with Gasteiger partial charge in [-0.15, -0.1) is 0 Å². The summed E-state index contributed by atoms with van der Waals surface area (Å²) in [5.41, 5.74) is 2.88. The standard InChI is InChI=1S/C20H21N3O2/c1-16-5-4-7-18(13-16)22-9-11-23(12-10-22)20(24)15-25-19-8-3-2-6-17(19)14-21/h2-8,13H,9-12,15H2,1H3. The van der Waals surface area contributed by atoms with Crippen LogP contribution in [0.1, 0.15) is 11.1 Å². The van der Waals surface area contributed by atoms with Crippen molar-refractivity contribution in [2.45, 2.75) is 6.92 Å². The summed E-state index contributed by atoms with van der Waals surface area (Å²) >= 11 is 0. The highest BCUT2D eigenvalue weighted by atomic mass is 16.5. The molecular weight excluding hydrogens is 314 g/mol. The zero-order valence-electron chi connectivity index (χ0n) is 14.3. The lowest BCUT2D eigenvalue weighted by atomic mass is 10.2. The first-order chi connectivity index (χ1) is 12.2. The van der Waals surface area contributed by atoms with Crippen LogP contribution in [0.4, 0.5) is 5.69 Å². The number of carbonyl (C=O) groups excluding carboxylic acids is 1. The summed E-state index contributed by atoms with van der Waals surface area (Å²) < 4.78 is 5.54. The lowest BCUT2D eigenvalue weighted by Gasteiger charge is -2.36. The Morgan fingerprint density at radius 1 is 1.12 bits per heavy atom. The molecule has 2 aromatic rings. The van der Waals surface area contributed by atoms with Gasteiger partial charge in [0.15, 0.2) is 6.61 Å². The average Bonchev–Trinajstić information content (AvgIpc) is 2.66. The molecule has 1 aliphatic rings. The molecule has 1 saturated heterocycles. The van der Waals surface area contributed by atoms with Gasteiger partial charge in [0.2, 0.25) is 0 Å². The molecule has 5 heteroatoms. The molecule has 25 heavy (non-hydrogen) atoms. The summed E-state index contributed by atoms with van der Waals surface area (Å²) in [6.07, 6.45) is 0. The van der Waals surface area contributed by atoms with Crippen molar-refractivity contribution in [2.24, 2.45) is 0 Å². The first-order valence-corrected chi connectivity index (χ1v) is 8.38. The highest BCUT2D eigenvalue weighted by Gasteiger charge is 2.21. The Morgan fingerprint density at radius 3 is 2.60 bits per heavy atom. The van der Waals surface area contributed by atoms with E-state index in [-0.39, 0.29) is 12.5 Å². The number of anilines is 1. The molecule has 5 nitrogen and oxygen atoms in total. The van der Waals surface area contributed by atoms with E-state index in [4.69, 9.17) is 10.00 Å². The van der Waals surface area contributed by atoms with Gasteiger partial charge in [0.25, 0.3) is 5.91 Å². The molecular formula is C20H21N3O2. The normalized spacial score (nSPS) is 14.1. The van der Waals surface area contributed by atoms with Crippen molar-refractivity contribution in [3.05, 3.63) is 59.7 Å². The van der Waals surface area contributed by atoms with E-state index in [1.54, 1.807) is 24.3 Å². The summed E-state index contributed by atoms with van der Waals surface area (Å²) in [5, 5.41) is 9.06. The van der Waals surface area contributed by atoms with E-state index in [0.717, 1.165) is 13.1 Å². The highest BCUT2D eigenvalue weighted by molar-refractivity contribution is 5.78. The molecule has 0 unspecified atom stereocenters. The van der Waals surface area contributed by atoms with Crippen LogP contribution < -0.4 is 9.64 Å². The van der Waals surface area contributed by atoms with Gasteiger partial charge in [-0.05, 0) is 36.8 Å². The van der Waals surface area contributed by atoms with Gasteiger partial charge in [-0.1, -0.05) is 24.3 Å². The number of piperazine rings is 1. The first kappa shape index (κ1) is 16.8. The number of hydrogen-bond acceptors (Lipinski definition) is 4. The van der Waals surface area contributed by atoms with Gasteiger partial charge in [-0.2, -0.15) is 5.26 Å². The molecule has 0 N–H and O–H groups in total. The van der Waals surface area contributed by atoms with E-state index in [0.29, 0.717) is 24.4 Å². The van der Waals surface area contributed by atoms with E-state index in [2.05, 4.69) is 42.2 Å². The Kier molecular flexibility index (Phi) is 5.20. The fourth-order valence-corrected chi connectivity index (χ4v) is 2.95. The van der Waals surface area contributed by atoms with Crippen LogP contribution in [0.25, 0.3) is 0 Å². The van der Waals surface area contributed by atoms with E-state index >= 15 is 0 Å². The van der Waals surface area contributed by atoms with Crippen molar-refractivity contribution >= 4 is 11.6 Å². The Morgan fingerprint density at radius 2 is 1.88 bits per heavy atom. The largest absolute Gasteiger partial charge is 0.482 e. The van der Waals surface area contributed by atoms with Gasteiger partial charge >= 0.3 is 0 Å². The van der Waals surface area contributed by atoms with Crippen molar-refractivity contribution in [2.75, 3.05) is 37.7 Å². The monoisotopic (exact) mass is 335 g/mol. The van der Waals surface area contributed by atoms with Crippen LogP contribution in [0.5, 0.6) is 5.75 Å². The van der Waals surface area contributed by atoms with Crippen molar-refractivity contribution in [3.63, 3.8) is 0 Å². The maximum absolute atomic E-state index is 12.4. The number of amides is 1. The topological polar surface area (TPSA) is 56.6 Å². The summed E-state index contributed by atoms with van der Waals surface area (Å²) in [6.45, 7) is 5.02. The second-order valence-electron chi connectivity index (χ2n) is 6.10. The summed E-state index contributed by atoms with van der Waals surface area (Å²) in [4.78, 5) is 16.5. The van der Waals surface area contributed by atoms with Crippen molar-refractivity contribution < 1.29 is 9.53 Å². The van der Waals surface area contributed by atoms with Gasteiger partial charge in [-0.3, -0.25) is 4.79 Å². The minimum atomic E-state index is -0.0448. The third-order valence-corrected chi connectivity index (χ3v) is 4.36. The number of hydrogen-bond donors (Lipinski definition) is 0. The first-order valence-electron chi connectivity index (χ1n) is 8.38. The fraction of sp³-hybridized carbons (Fsp3) is 0.300. The molecule has 2 aromatic carbocycles. The van der Waals surface area contributed by atoms with Crippen LogP contribution >= 0.6 is 0 Å². The molecule has 0 aromatic heterocycles. The smallest absolute Gasteiger partial charge is 0.260 e. The van der Waals surface area contributed by atoms with Gasteiger partial charge < -0.3 is 14.5 Å². The lowest BCUT2D eigenvalue weighted by molar-refractivity contribution is -0.133. The van der Waals surface area contributed by atoms with Gasteiger partial charge in [-0.25, -0.2) is 0 Å². The molecule has 3 rings (SSSR count). The lowest BCUT2D eigenvalue weighted by Crippen LogP contribution is -2.50. The molecule has 1 aliphatic heterocycles. The van der Waals surface area contributed by atoms with E-state index in [9.17, 15) is 4.79 Å². The summed E-state index contributed by atoms with van der Waals surface area (Å²) in [6, 6.07) is 17.4. The third kappa shape index (κ3) is 4.10. The van der Waals surface area contributed by atoms with Crippen LogP contribution in [0.3, 0.4) is 0 Å². The number of nitrogens with zero attached hydrogens (tertiary/aromatic N) is 3. The maximum atomic E-state index is 12.4. The average molecular weight is 335 g/mol. The van der Waals surface area contributed by atoms with E-state index in [1.807, 2.05) is 4.90 Å². The van der Waals surface area contributed by atoms with Crippen molar-refractivity contribution in [3.8, 4) is 11.8 Å². The maximum Gasteiger partial charge on any atom is 0.260 e. The Hall–Kier alpha value is -3.00. The van der Waals surface area contributed by atoms with Crippen LogP contribution in [0, 0.1) is 18.3 Å². The molecule has 1 heterocycles. The van der Waals surface area contributed by atoms with Gasteiger partial charge in [0.1, 0.15) is 11.8 Å². The van der Waals surface area contributed by atoms with Crippen LogP contribution in [0.15, 0.2) is 48.5 Å². The number of rotatable bonds is 4. The number of ether oxygens (including phenoxy) is 1. The molecule has 128 valence electrons. The molecule has 1 amide bonds. The van der Waals surface area contributed by atoms with Crippen molar-refractivity contribution in [1.29, 1.82) is 5.26 Å². The fourth-order valence-electron chi connectivity index (χ4n) is 2.95. The zero-order chi connectivity index (χ0) is 17.6. The number of aryl methyl sites for hydroxylation is 1. The number of nitriles is 1. The van der Waals surface area contributed by atoms with Crippen LogP contribution in [-0.2, 0) is 4.79 Å². The Bertz CT molecular complexity index is 790. The second kappa shape index (κ2) is 7.71. The quantitative estimate of drug-likeness (QED) is 0.862. The molecule has 0 bridgehead atoms. The van der Waals surface area contributed by atoms with E-state index in [1.165, 1.54) is 11.3 Å². The SMILES string of the molecule is Cc1cccc(N2CCN(C(=O)COc3ccccc3C#N)CC2)c1. The summed E-state index contributed by atoms with van der Waals surface area (Å²) in [7, 11) is 0. The third-order valence-electron chi connectivity index (χ3n) is 4.36. The predicted octanol–water partition coefficient (Wildman–Crippen LogP) is 2.59. The number of carbonyl (C=O) groups is 1. The molecule has 0 aliphatic carbocycles. The minimum Gasteiger partial charge on any atom is -0.482 e. The molecule has 0 atom stereocenters. The Labute approximate surface area is 148 Å². The van der Waals surface area contributed by atoms with E-state index < -0.39 is 0 Å². The molecule has 0 spiro atoms. The summed E-state index contributed by atoms with van der Waals surface area (Å²) in [5.74, 6) is 0.411.